The number of anilines is 1. The summed E-state index contributed by atoms with van der Waals surface area (Å²) in [5.74, 6) is -0.128. The van der Waals surface area contributed by atoms with Gasteiger partial charge in [-0.15, -0.1) is 0 Å². The summed E-state index contributed by atoms with van der Waals surface area (Å²) in [7, 11) is 0. The van der Waals surface area contributed by atoms with Crippen molar-refractivity contribution >= 4 is 29.1 Å². The zero-order valence-corrected chi connectivity index (χ0v) is 20.8. The predicted molar refractivity (Wildman–Crippen MR) is 134 cm³/mol. The Morgan fingerprint density at radius 2 is 1.74 bits per heavy atom. The lowest BCUT2D eigenvalue weighted by Gasteiger charge is -2.45. The van der Waals surface area contributed by atoms with Crippen LogP contribution in [0, 0.1) is 0 Å². The molecule has 5 rings (SSSR count). The number of benzene rings is 1. The summed E-state index contributed by atoms with van der Waals surface area (Å²) in [5, 5.41) is 4.96. The van der Waals surface area contributed by atoms with Gasteiger partial charge in [0, 0.05) is 62.1 Å². The SMILES string of the molecule is CC(=O)c1ccn(C(=O)N2CCC3(CCCN3Cc3ccc(Cl)cc3N3CCCCC3)CC2)n1. The molecule has 182 valence electrons. The number of hydrogen-bond donors (Lipinski definition) is 0. The van der Waals surface area contributed by atoms with E-state index in [-0.39, 0.29) is 17.4 Å². The summed E-state index contributed by atoms with van der Waals surface area (Å²) in [4.78, 5) is 31.5. The van der Waals surface area contributed by atoms with Gasteiger partial charge in [0.1, 0.15) is 5.69 Å². The number of ketones is 1. The molecule has 1 spiro atoms. The first-order valence-electron chi connectivity index (χ1n) is 12.6. The van der Waals surface area contributed by atoms with Crippen molar-refractivity contribution in [3.05, 3.63) is 46.7 Å². The van der Waals surface area contributed by atoms with E-state index in [0.29, 0.717) is 18.8 Å². The monoisotopic (exact) mass is 483 g/mol. The zero-order valence-electron chi connectivity index (χ0n) is 20.0. The fraction of sp³-hybridized carbons (Fsp3) is 0.577. The van der Waals surface area contributed by atoms with Gasteiger partial charge in [0.05, 0.1) is 0 Å². The standard InChI is InChI=1S/C26H34ClN5O2/c1-20(33)23-8-15-32(28-23)25(34)30-16-10-26(11-17-30)9-5-14-31(26)19-21-6-7-22(27)18-24(21)29-12-3-2-4-13-29/h6-8,15,18H,2-5,9-14,16-17,19H2,1H3. The molecule has 0 saturated carbocycles. The van der Waals surface area contributed by atoms with E-state index in [1.165, 1.54) is 55.0 Å². The molecule has 8 heteroatoms. The normalized spacial score (nSPS) is 20.8. The third-order valence-corrected chi connectivity index (χ3v) is 8.19. The highest BCUT2D eigenvalue weighted by molar-refractivity contribution is 6.30. The highest BCUT2D eigenvalue weighted by Crippen LogP contribution is 2.41. The van der Waals surface area contributed by atoms with Crippen LogP contribution in [-0.2, 0) is 6.54 Å². The molecule has 4 heterocycles. The van der Waals surface area contributed by atoms with E-state index in [2.05, 4.69) is 27.0 Å². The summed E-state index contributed by atoms with van der Waals surface area (Å²) < 4.78 is 1.31. The van der Waals surface area contributed by atoms with E-state index in [4.69, 9.17) is 11.6 Å². The number of rotatable bonds is 4. The third kappa shape index (κ3) is 4.60. The van der Waals surface area contributed by atoms with Crippen LogP contribution in [0.25, 0.3) is 0 Å². The maximum Gasteiger partial charge on any atom is 0.344 e. The quantitative estimate of drug-likeness (QED) is 0.583. The molecule has 3 fully saturated rings. The van der Waals surface area contributed by atoms with Gasteiger partial charge in [-0.25, -0.2) is 4.79 Å². The molecular formula is C26H34ClN5O2. The Morgan fingerprint density at radius 3 is 2.44 bits per heavy atom. The van der Waals surface area contributed by atoms with Gasteiger partial charge in [-0.3, -0.25) is 9.69 Å². The summed E-state index contributed by atoms with van der Waals surface area (Å²) in [6.45, 7) is 7.13. The maximum atomic E-state index is 12.9. The van der Waals surface area contributed by atoms with Crippen molar-refractivity contribution in [2.24, 2.45) is 0 Å². The molecule has 34 heavy (non-hydrogen) atoms. The number of likely N-dealkylation sites (tertiary alicyclic amines) is 2. The second kappa shape index (κ2) is 9.70. The summed E-state index contributed by atoms with van der Waals surface area (Å²) in [6.07, 6.45) is 9.69. The van der Waals surface area contributed by atoms with Gasteiger partial charge < -0.3 is 9.80 Å². The van der Waals surface area contributed by atoms with E-state index < -0.39 is 0 Å². The highest BCUT2D eigenvalue weighted by Gasteiger charge is 2.44. The number of nitrogens with zero attached hydrogens (tertiary/aromatic N) is 5. The molecule has 0 radical (unpaired) electrons. The molecule has 1 aromatic heterocycles. The minimum Gasteiger partial charge on any atom is -0.371 e. The number of aromatic nitrogens is 2. The lowest BCUT2D eigenvalue weighted by molar-refractivity contribution is 0.0585. The van der Waals surface area contributed by atoms with Crippen molar-refractivity contribution in [1.82, 2.24) is 19.6 Å². The summed E-state index contributed by atoms with van der Waals surface area (Å²) in [5.41, 5.74) is 3.13. The van der Waals surface area contributed by atoms with Gasteiger partial charge in [-0.2, -0.15) is 9.78 Å². The molecule has 0 unspecified atom stereocenters. The Morgan fingerprint density at radius 1 is 0.971 bits per heavy atom. The first kappa shape index (κ1) is 23.4. The highest BCUT2D eigenvalue weighted by atomic mass is 35.5. The molecule has 7 nitrogen and oxygen atoms in total. The van der Waals surface area contributed by atoms with Crippen molar-refractivity contribution in [1.29, 1.82) is 0 Å². The van der Waals surface area contributed by atoms with Crippen molar-refractivity contribution in [3.8, 4) is 0 Å². The number of halogens is 1. The topological polar surface area (TPSA) is 61.7 Å². The fourth-order valence-corrected chi connectivity index (χ4v) is 6.16. The molecule has 1 aromatic carbocycles. The average molecular weight is 484 g/mol. The predicted octanol–water partition coefficient (Wildman–Crippen LogP) is 4.83. The van der Waals surface area contributed by atoms with Gasteiger partial charge >= 0.3 is 6.03 Å². The fourth-order valence-electron chi connectivity index (χ4n) is 5.99. The molecule has 3 aliphatic rings. The molecule has 3 aliphatic heterocycles. The van der Waals surface area contributed by atoms with E-state index in [1.807, 2.05) is 11.0 Å². The van der Waals surface area contributed by atoms with Crippen LogP contribution in [0.15, 0.2) is 30.5 Å². The molecule has 0 aliphatic carbocycles. The van der Waals surface area contributed by atoms with Crippen molar-refractivity contribution in [2.45, 2.75) is 64.0 Å². The largest absolute Gasteiger partial charge is 0.371 e. The lowest BCUT2D eigenvalue weighted by Crippen LogP contribution is -2.53. The third-order valence-electron chi connectivity index (χ3n) is 7.96. The molecule has 0 atom stereocenters. The van der Waals surface area contributed by atoms with E-state index in [1.54, 1.807) is 12.3 Å². The summed E-state index contributed by atoms with van der Waals surface area (Å²) >= 11 is 6.41. The second-order valence-corrected chi connectivity index (χ2v) is 10.5. The van der Waals surface area contributed by atoms with Crippen LogP contribution in [0.2, 0.25) is 5.02 Å². The summed E-state index contributed by atoms with van der Waals surface area (Å²) in [6, 6.07) is 7.84. The van der Waals surface area contributed by atoms with Gasteiger partial charge in [0.25, 0.3) is 0 Å². The van der Waals surface area contributed by atoms with Crippen LogP contribution in [0.1, 0.15) is 67.9 Å². The van der Waals surface area contributed by atoms with E-state index >= 15 is 0 Å². The smallest absolute Gasteiger partial charge is 0.344 e. The molecular weight excluding hydrogens is 450 g/mol. The first-order chi connectivity index (χ1) is 16.4. The average Bonchev–Trinajstić information content (AvgIpc) is 3.49. The molecule has 2 aromatic rings. The van der Waals surface area contributed by atoms with Crippen LogP contribution in [0.3, 0.4) is 0 Å². The van der Waals surface area contributed by atoms with Crippen molar-refractivity contribution in [2.75, 3.05) is 37.6 Å². The van der Waals surface area contributed by atoms with Crippen LogP contribution in [-0.4, -0.2) is 69.7 Å². The van der Waals surface area contributed by atoms with Gasteiger partial charge in [-0.1, -0.05) is 17.7 Å². The van der Waals surface area contributed by atoms with Gasteiger partial charge in [-0.05, 0) is 75.3 Å². The first-order valence-corrected chi connectivity index (χ1v) is 13.0. The van der Waals surface area contributed by atoms with Crippen molar-refractivity contribution < 1.29 is 9.59 Å². The zero-order chi connectivity index (χ0) is 23.7. The Bertz CT molecular complexity index is 1050. The van der Waals surface area contributed by atoms with Crippen LogP contribution >= 0.6 is 11.6 Å². The molecule has 3 saturated heterocycles. The number of carbonyl (C=O) groups is 2. The Hall–Kier alpha value is -2.38. The van der Waals surface area contributed by atoms with Gasteiger partial charge in [0.15, 0.2) is 5.78 Å². The molecule has 0 bridgehead atoms. The Kier molecular flexibility index (Phi) is 6.67. The minimum atomic E-state index is -0.142. The Balaban J connectivity index is 1.28. The Labute approximate surface area is 206 Å². The number of carbonyl (C=O) groups excluding carboxylic acids is 2. The number of piperidine rings is 2. The second-order valence-electron chi connectivity index (χ2n) is 10.0. The van der Waals surface area contributed by atoms with Crippen LogP contribution in [0.5, 0.6) is 0 Å². The van der Waals surface area contributed by atoms with Gasteiger partial charge in [0.2, 0.25) is 0 Å². The van der Waals surface area contributed by atoms with E-state index in [9.17, 15) is 9.59 Å². The minimum absolute atomic E-state index is 0.128. The molecule has 1 amide bonds. The number of amides is 1. The number of Topliss-reactive ketones (excluding diaryl/α,β-unsaturated/α-hetero) is 1. The van der Waals surface area contributed by atoms with Crippen molar-refractivity contribution in [3.63, 3.8) is 0 Å². The maximum absolute atomic E-state index is 12.9. The number of hydrogen-bond acceptors (Lipinski definition) is 5. The van der Waals surface area contributed by atoms with E-state index in [0.717, 1.165) is 44.0 Å². The lowest BCUT2D eigenvalue weighted by atomic mass is 9.84. The molecule has 0 N–H and O–H groups in total. The van der Waals surface area contributed by atoms with Crippen LogP contribution in [0.4, 0.5) is 10.5 Å². The van der Waals surface area contributed by atoms with Crippen LogP contribution < -0.4 is 4.90 Å².